The SMILES string of the molecule is Nc1cccc(Cl)c1/C=C/S(=O)(=O)NC[C@H]1O[C@@H](n2cnc3c(N)ncnc32)[C@H](O)[C@@H]1O. The predicted octanol–water partition coefficient (Wildman–Crippen LogP) is -0.146. The Balaban J connectivity index is 1.47. The summed E-state index contributed by atoms with van der Waals surface area (Å²) in [5.41, 5.74) is 12.9. The summed E-state index contributed by atoms with van der Waals surface area (Å²) in [6, 6.07) is 4.82. The summed E-state index contributed by atoms with van der Waals surface area (Å²) in [5, 5.41) is 22.0. The zero-order chi connectivity index (χ0) is 23.0. The first-order valence-electron chi connectivity index (χ1n) is 9.34. The molecule has 2 aromatic heterocycles. The van der Waals surface area contributed by atoms with Crippen LogP contribution in [0.25, 0.3) is 17.2 Å². The lowest BCUT2D eigenvalue weighted by Gasteiger charge is -2.16. The van der Waals surface area contributed by atoms with Crippen molar-refractivity contribution in [1.29, 1.82) is 0 Å². The molecule has 1 aliphatic heterocycles. The Hall–Kier alpha value is -2.81. The molecular weight excluding hydrogens is 462 g/mol. The molecular formula is C18H20ClN7O5S. The number of hydrogen-bond donors (Lipinski definition) is 5. The molecule has 0 aliphatic carbocycles. The molecule has 4 rings (SSSR count). The first kappa shape index (κ1) is 22.4. The van der Waals surface area contributed by atoms with Crippen LogP contribution in [0.5, 0.6) is 0 Å². The molecule has 32 heavy (non-hydrogen) atoms. The molecule has 3 aromatic rings. The second-order valence-electron chi connectivity index (χ2n) is 7.07. The number of hydrogen-bond acceptors (Lipinski definition) is 10. The number of aliphatic hydroxyl groups excluding tert-OH is 2. The van der Waals surface area contributed by atoms with Crippen LogP contribution in [0.2, 0.25) is 5.02 Å². The minimum Gasteiger partial charge on any atom is -0.398 e. The van der Waals surface area contributed by atoms with Crippen molar-refractivity contribution in [1.82, 2.24) is 24.2 Å². The van der Waals surface area contributed by atoms with E-state index in [9.17, 15) is 18.6 Å². The summed E-state index contributed by atoms with van der Waals surface area (Å²) in [6.07, 6.45) is -0.987. The predicted molar refractivity (Wildman–Crippen MR) is 117 cm³/mol. The van der Waals surface area contributed by atoms with Gasteiger partial charge in [-0.15, -0.1) is 0 Å². The van der Waals surface area contributed by atoms with E-state index >= 15 is 0 Å². The molecule has 1 fully saturated rings. The molecule has 14 heteroatoms. The second-order valence-corrected chi connectivity index (χ2v) is 9.13. The molecule has 0 saturated carbocycles. The number of nitrogens with zero attached hydrogens (tertiary/aromatic N) is 4. The average molecular weight is 482 g/mol. The molecule has 0 spiro atoms. The number of ether oxygens (including phenoxy) is 1. The number of sulfonamides is 1. The maximum Gasteiger partial charge on any atom is 0.233 e. The summed E-state index contributed by atoms with van der Waals surface area (Å²) < 4.78 is 34.1. The molecule has 0 unspecified atom stereocenters. The molecule has 170 valence electrons. The summed E-state index contributed by atoms with van der Waals surface area (Å²) in [6.45, 7) is -0.302. The number of aromatic nitrogens is 4. The topological polar surface area (TPSA) is 191 Å². The van der Waals surface area contributed by atoms with Crippen molar-refractivity contribution in [3.05, 3.63) is 46.8 Å². The Bertz CT molecular complexity index is 1260. The molecule has 1 saturated heterocycles. The van der Waals surface area contributed by atoms with E-state index in [4.69, 9.17) is 27.8 Å². The number of fused-ring (bicyclic) bond motifs is 1. The van der Waals surface area contributed by atoms with Crippen LogP contribution >= 0.6 is 11.6 Å². The van der Waals surface area contributed by atoms with Gasteiger partial charge in [0.25, 0.3) is 0 Å². The third-order valence-electron chi connectivity index (χ3n) is 4.98. The van der Waals surface area contributed by atoms with Gasteiger partial charge in [-0.05, 0) is 18.2 Å². The third-order valence-corrected chi connectivity index (χ3v) is 6.38. The highest BCUT2D eigenvalue weighted by atomic mass is 35.5. The summed E-state index contributed by atoms with van der Waals surface area (Å²) >= 11 is 6.04. The lowest BCUT2D eigenvalue weighted by atomic mass is 10.1. The van der Waals surface area contributed by atoms with Gasteiger partial charge in [-0.25, -0.2) is 28.1 Å². The molecule has 1 aliphatic rings. The van der Waals surface area contributed by atoms with Crippen LogP contribution in [0, 0.1) is 0 Å². The number of anilines is 2. The zero-order valence-corrected chi connectivity index (χ0v) is 18.0. The molecule has 0 radical (unpaired) electrons. The van der Waals surface area contributed by atoms with Gasteiger partial charge in [-0.1, -0.05) is 17.7 Å². The van der Waals surface area contributed by atoms with Gasteiger partial charge in [0.15, 0.2) is 17.7 Å². The number of rotatable bonds is 6. The molecule has 0 amide bonds. The summed E-state index contributed by atoms with van der Waals surface area (Å²) in [5.74, 6) is 0.150. The molecule has 12 nitrogen and oxygen atoms in total. The second kappa shape index (κ2) is 8.61. The fourth-order valence-corrected chi connectivity index (χ4v) is 4.37. The van der Waals surface area contributed by atoms with E-state index in [-0.39, 0.29) is 12.4 Å². The van der Waals surface area contributed by atoms with Crippen molar-refractivity contribution in [2.75, 3.05) is 18.0 Å². The van der Waals surface area contributed by atoms with Crippen LogP contribution in [-0.4, -0.2) is 63.0 Å². The minimum atomic E-state index is -3.93. The van der Waals surface area contributed by atoms with Gasteiger partial charge < -0.3 is 26.4 Å². The minimum absolute atomic E-state index is 0.150. The lowest BCUT2D eigenvalue weighted by molar-refractivity contribution is -0.0329. The molecule has 3 heterocycles. The Kier molecular flexibility index (Phi) is 6.03. The summed E-state index contributed by atoms with van der Waals surface area (Å²) in [7, 11) is -3.93. The van der Waals surface area contributed by atoms with Crippen LogP contribution in [0.4, 0.5) is 11.5 Å². The average Bonchev–Trinajstić information content (AvgIpc) is 3.29. The first-order valence-corrected chi connectivity index (χ1v) is 11.3. The fourth-order valence-electron chi connectivity index (χ4n) is 3.32. The lowest BCUT2D eigenvalue weighted by Crippen LogP contribution is -2.39. The highest BCUT2D eigenvalue weighted by Gasteiger charge is 2.44. The van der Waals surface area contributed by atoms with Crippen molar-refractivity contribution in [2.24, 2.45) is 0 Å². The normalized spacial score (nSPS) is 24.0. The van der Waals surface area contributed by atoms with E-state index in [0.717, 1.165) is 5.41 Å². The first-order chi connectivity index (χ1) is 15.2. The molecule has 1 aromatic carbocycles. The van der Waals surface area contributed by atoms with Crippen molar-refractivity contribution >= 4 is 50.4 Å². The van der Waals surface area contributed by atoms with Gasteiger partial charge in [-0.2, -0.15) is 0 Å². The van der Waals surface area contributed by atoms with Crippen molar-refractivity contribution in [2.45, 2.75) is 24.5 Å². The van der Waals surface area contributed by atoms with Crippen molar-refractivity contribution in [3.8, 4) is 0 Å². The van der Waals surface area contributed by atoms with Gasteiger partial charge in [-0.3, -0.25) is 4.57 Å². The number of nitrogens with two attached hydrogens (primary N) is 2. The number of nitrogens with one attached hydrogen (secondary N) is 1. The van der Waals surface area contributed by atoms with E-state index in [0.29, 0.717) is 27.4 Å². The number of imidazole rings is 1. The third kappa shape index (κ3) is 4.26. The number of halogens is 1. The van der Waals surface area contributed by atoms with Crippen LogP contribution in [-0.2, 0) is 14.8 Å². The monoisotopic (exact) mass is 481 g/mol. The highest BCUT2D eigenvalue weighted by Crippen LogP contribution is 2.32. The van der Waals surface area contributed by atoms with E-state index in [1.54, 1.807) is 18.2 Å². The maximum atomic E-state index is 12.4. The largest absolute Gasteiger partial charge is 0.398 e. The van der Waals surface area contributed by atoms with Gasteiger partial charge in [0.05, 0.1) is 6.33 Å². The van der Waals surface area contributed by atoms with Crippen LogP contribution in [0.15, 0.2) is 36.3 Å². The van der Waals surface area contributed by atoms with Crippen LogP contribution in [0.1, 0.15) is 11.8 Å². The Morgan fingerprint density at radius 1 is 1.22 bits per heavy atom. The fraction of sp³-hybridized carbons (Fsp3) is 0.278. The smallest absolute Gasteiger partial charge is 0.233 e. The Morgan fingerprint density at radius 3 is 2.75 bits per heavy atom. The Morgan fingerprint density at radius 2 is 2.00 bits per heavy atom. The van der Waals surface area contributed by atoms with Gasteiger partial charge >= 0.3 is 0 Å². The number of benzene rings is 1. The van der Waals surface area contributed by atoms with Crippen molar-refractivity contribution in [3.63, 3.8) is 0 Å². The highest BCUT2D eigenvalue weighted by molar-refractivity contribution is 7.92. The van der Waals surface area contributed by atoms with Gasteiger partial charge in [0.2, 0.25) is 10.0 Å². The molecule has 0 bridgehead atoms. The quantitative estimate of drug-likeness (QED) is 0.296. The molecule has 7 N–H and O–H groups in total. The van der Waals surface area contributed by atoms with Crippen LogP contribution in [0.3, 0.4) is 0 Å². The van der Waals surface area contributed by atoms with E-state index in [1.807, 2.05) is 0 Å². The Labute approximate surface area is 187 Å². The van der Waals surface area contributed by atoms with Crippen molar-refractivity contribution < 1.29 is 23.4 Å². The maximum absolute atomic E-state index is 12.4. The zero-order valence-electron chi connectivity index (χ0n) is 16.4. The standard InChI is InChI=1S/C18H20ClN7O5S/c19-10-2-1-3-11(20)9(10)4-5-32(29,30)25-6-12-14(27)15(28)18(31-12)26-8-24-13-16(21)22-7-23-17(13)26/h1-5,7-8,12,14-15,18,25,27-28H,6,20H2,(H2,21,22,23)/b5-4+/t12-,14-,15-,18-/m1/s1. The number of nitrogen functional groups attached to an aromatic ring is 2. The van der Waals surface area contributed by atoms with Gasteiger partial charge in [0, 0.05) is 28.2 Å². The summed E-state index contributed by atoms with van der Waals surface area (Å²) in [4.78, 5) is 12.0. The van der Waals surface area contributed by atoms with E-state index < -0.39 is 34.6 Å². The van der Waals surface area contributed by atoms with E-state index in [1.165, 1.54) is 23.3 Å². The van der Waals surface area contributed by atoms with Gasteiger partial charge in [0.1, 0.15) is 30.2 Å². The van der Waals surface area contributed by atoms with Crippen LogP contribution < -0.4 is 16.2 Å². The van der Waals surface area contributed by atoms with E-state index in [2.05, 4.69) is 19.7 Å². The number of aliphatic hydroxyl groups is 2. The molecule has 4 atom stereocenters.